The van der Waals surface area contributed by atoms with Crippen LogP contribution in [0.5, 0.6) is 0 Å². The lowest BCUT2D eigenvalue weighted by atomic mass is 10.2. The van der Waals surface area contributed by atoms with E-state index in [0.717, 1.165) is 22.3 Å². The molecule has 4 aromatic rings. The van der Waals surface area contributed by atoms with Gasteiger partial charge < -0.3 is 0 Å². The lowest BCUT2D eigenvalue weighted by molar-refractivity contribution is 0.581. The monoisotopic (exact) mass is 417 g/mol. The van der Waals surface area contributed by atoms with Crippen molar-refractivity contribution in [2.24, 2.45) is 0 Å². The predicted molar refractivity (Wildman–Crippen MR) is 118 cm³/mol. The number of hydrogen-bond acceptors (Lipinski definition) is 3. The molecule has 0 saturated carbocycles. The molecule has 1 heterocycles. The van der Waals surface area contributed by atoms with Crippen molar-refractivity contribution in [2.45, 2.75) is 24.9 Å². The van der Waals surface area contributed by atoms with Crippen molar-refractivity contribution in [1.29, 1.82) is 0 Å². The number of aromatic nitrogens is 2. The molecule has 0 fully saturated rings. The fraction of sp³-hybridized carbons (Fsp3) is 0.125. The molecule has 1 aromatic heterocycles. The van der Waals surface area contributed by atoms with Crippen LogP contribution in [0.3, 0.4) is 0 Å². The second kappa shape index (κ2) is 8.65. The molecule has 0 saturated heterocycles. The van der Waals surface area contributed by atoms with Crippen molar-refractivity contribution in [3.05, 3.63) is 108 Å². The van der Waals surface area contributed by atoms with Crippen molar-refractivity contribution in [2.75, 3.05) is 0 Å². The van der Waals surface area contributed by atoms with Gasteiger partial charge in [0, 0.05) is 18.3 Å². The Morgan fingerprint density at radius 2 is 1.47 bits per heavy atom. The van der Waals surface area contributed by atoms with E-state index in [1.807, 2.05) is 91.9 Å². The molecule has 1 N–H and O–H groups in total. The largest absolute Gasteiger partial charge is 0.266 e. The molecule has 0 bridgehead atoms. The maximum atomic E-state index is 13.2. The molecule has 0 unspecified atom stereocenters. The van der Waals surface area contributed by atoms with Crippen molar-refractivity contribution in [3.8, 4) is 11.3 Å². The summed E-state index contributed by atoms with van der Waals surface area (Å²) < 4.78 is 30.7. The Kier molecular flexibility index (Phi) is 5.79. The summed E-state index contributed by atoms with van der Waals surface area (Å²) in [6, 6.07) is 27.0. The molecule has 0 aliphatic rings. The Morgan fingerprint density at radius 1 is 0.833 bits per heavy atom. The average Bonchev–Trinajstić information content (AvgIpc) is 3.20. The summed E-state index contributed by atoms with van der Waals surface area (Å²) in [5.74, 6) is 0. The highest BCUT2D eigenvalue weighted by Gasteiger charge is 2.23. The van der Waals surface area contributed by atoms with E-state index in [-0.39, 0.29) is 11.4 Å². The van der Waals surface area contributed by atoms with Gasteiger partial charge in [0.15, 0.2) is 0 Å². The van der Waals surface area contributed by atoms with Gasteiger partial charge in [0.25, 0.3) is 0 Å². The number of sulfonamides is 1. The highest BCUT2D eigenvalue weighted by Crippen LogP contribution is 2.26. The van der Waals surface area contributed by atoms with Gasteiger partial charge >= 0.3 is 0 Å². The third-order valence-corrected chi connectivity index (χ3v) is 6.24. The number of aryl methyl sites for hydroxylation is 1. The van der Waals surface area contributed by atoms with Gasteiger partial charge in [-0.3, -0.25) is 4.68 Å². The molecular formula is C24H23N3O2S. The zero-order valence-corrected chi connectivity index (χ0v) is 17.5. The molecular weight excluding hydrogens is 394 g/mol. The van der Waals surface area contributed by atoms with E-state index in [1.54, 1.807) is 10.9 Å². The fourth-order valence-electron chi connectivity index (χ4n) is 3.21. The van der Waals surface area contributed by atoms with Crippen LogP contribution >= 0.6 is 0 Å². The summed E-state index contributed by atoms with van der Waals surface area (Å²) >= 11 is 0. The summed E-state index contributed by atoms with van der Waals surface area (Å²) in [6.07, 6.45) is 1.60. The van der Waals surface area contributed by atoms with Gasteiger partial charge in [-0.2, -0.15) is 5.10 Å². The first-order valence-electron chi connectivity index (χ1n) is 9.73. The van der Waals surface area contributed by atoms with Crippen LogP contribution in [0.2, 0.25) is 0 Å². The van der Waals surface area contributed by atoms with Crippen LogP contribution in [0, 0.1) is 6.92 Å². The minimum Gasteiger partial charge on any atom is -0.266 e. The molecule has 6 heteroatoms. The predicted octanol–water partition coefficient (Wildman–Crippen LogP) is 4.39. The van der Waals surface area contributed by atoms with Crippen molar-refractivity contribution < 1.29 is 8.42 Å². The van der Waals surface area contributed by atoms with Crippen molar-refractivity contribution >= 4 is 10.0 Å². The van der Waals surface area contributed by atoms with Gasteiger partial charge in [0.05, 0.1) is 6.54 Å². The molecule has 0 aliphatic heterocycles. The SMILES string of the molecule is Cc1ccc(CNS(=O)(=O)c2cn(Cc3ccccc3)nc2-c2ccccc2)cc1. The maximum Gasteiger partial charge on any atom is 0.244 e. The summed E-state index contributed by atoms with van der Waals surface area (Å²) in [7, 11) is -3.75. The summed E-state index contributed by atoms with van der Waals surface area (Å²) in [5, 5.41) is 4.61. The molecule has 3 aromatic carbocycles. The topological polar surface area (TPSA) is 64.0 Å². The van der Waals surface area contributed by atoms with Crippen LogP contribution in [0.1, 0.15) is 16.7 Å². The molecule has 0 radical (unpaired) electrons. The number of nitrogens with zero attached hydrogens (tertiary/aromatic N) is 2. The van der Waals surface area contributed by atoms with Crippen molar-refractivity contribution in [1.82, 2.24) is 14.5 Å². The number of nitrogens with one attached hydrogen (secondary N) is 1. The molecule has 0 atom stereocenters. The molecule has 30 heavy (non-hydrogen) atoms. The molecule has 4 rings (SSSR count). The molecule has 5 nitrogen and oxygen atoms in total. The second-order valence-electron chi connectivity index (χ2n) is 7.20. The van der Waals surface area contributed by atoms with E-state index >= 15 is 0 Å². The first kappa shape index (κ1) is 20.1. The Labute approximate surface area is 177 Å². The van der Waals surface area contributed by atoms with Gasteiger partial charge in [-0.15, -0.1) is 0 Å². The minimum absolute atomic E-state index is 0.178. The molecule has 0 spiro atoms. The van der Waals surface area contributed by atoms with E-state index in [2.05, 4.69) is 9.82 Å². The zero-order chi connectivity index (χ0) is 21.0. The van der Waals surface area contributed by atoms with E-state index < -0.39 is 10.0 Å². The summed E-state index contributed by atoms with van der Waals surface area (Å²) in [4.78, 5) is 0.178. The van der Waals surface area contributed by atoms with Gasteiger partial charge in [0.2, 0.25) is 10.0 Å². The Morgan fingerprint density at radius 3 is 2.13 bits per heavy atom. The standard InChI is InChI=1S/C24H23N3O2S/c1-19-12-14-20(15-13-19)16-25-30(28,29)23-18-27(17-21-8-4-2-5-9-21)26-24(23)22-10-6-3-7-11-22/h2-15,18,25H,16-17H2,1H3. The van der Waals surface area contributed by atoms with Crippen LogP contribution in [0.25, 0.3) is 11.3 Å². The van der Waals surface area contributed by atoms with Crippen LogP contribution < -0.4 is 4.72 Å². The quantitative estimate of drug-likeness (QED) is 0.485. The Hall–Kier alpha value is -3.22. The Balaban J connectivity index is 1.66. The third-order valence-electron chi connectivity index (χ3n) is 4.84. The molecule has 0 aliphatic carbocycles. The average molecular weight is 418 g/mol. The van der Waals surface area contributed by atoms with Gasteiger partial charge in [-0.05, 0) is 18.1 Å². The van der Waals surface area contributed by atoms with Crippen LogP contribution in [0.15, 0.2) is 96.0 Å². The van der Waals surface area contributed by atoms with Gasteiger partial charge in [0.1, 0.15) is 10.6 Å². The smallest absolute Gasteiger partial charge is 0.244 e. The number of benzene rings is 3. The van der Waals surface area contributed by atoms with E-state index in [9.17, 15) is 8.42 Å². The van der Waals surface area contributed by atoms with E-state index in [1.165, 1.54) is 0 Å². The minimum atomic E-state index is -3.75. The maximum absolute atomic E-state index is 13.2. The van der Waals surface area contributed by atoms with Crippen LogP contribution in [-0.2, 0) is 23.1 Å². The lowest BCUT2D eigenvalue weighted by Gasteiger charge is -2.07. The number of hydrogen-bond donors (Lipinski definition) is 1. The second-order valence-corrected chi connectivity index (χ2v) is 8.94. The first-order valence-corrected chi connectivity index (χ1v) is 11.2. The Bertz CT molecular complexity index is 1220. The van der Waals surface area contributed by atoms with Crippen molar-refractivity contribution in [3.63, 3.8) is 0 Å². The molecule has 152 valence electrons. The normalized spacial score (nSPS) is 11.5. The summed E-state index contributed by atoms with van der Waals surface area (Å²) in [6.45, 7) is 2.72. The van der Waals surface area contributed by atoms with Gasteiger partial charge in [-0.25, -0.2) is 13.1 Å². The summed E-state index contributed by atoms with van der Waals surface area (Å²) in [5.41, 5.74) is 4.30. The highest BCUT2D eigenvalue weighted by atomic mass is 32.2. The van der Waals surface area contributed by atoms with Crippen LogP contribution in [0.4, 0.5) is 0 Å². The van der Waals surface area contributed by atoms with Gasteiger partial charge in [-0.1, -0.05) is 90.5 Å². The van der Waals surface area contributed by atoms with E-state index in [4.69, 9.17) is 0 Å². The highest BCUT2D eigenvalue weighted by molar-refractivity contribution is 7.89. The van der Waals surface area contributed by atoms with E-state index in [0.29, 0.717) is 12.2 Å². The number of rotatable bonds is 7. The first-order chi connectivity index (χ1) is 14.5. The molecule has 0 amide bonds. The third kappa shape index (κ3) is 4.67. The van der Waals surface area contributed by atoms with Crippen LogP contribution in [-0.4, -0.2) is 18.2 Å². The zero-order valence-electron chi connectivity index (χ0n) is 16.7. The fourth-order valence-corrected chi connectivity index (χ4v) is 4.40. The lowest BCUT2D eigenvalue weighted by Crippen LogP contribution is -2.23.